The van der Waals surface area contributed by atoms with Gasteiger partial charge in [0, 0.05) is 24.2 Å². The lowest BCUT2D eigenvalue weighted by atomic mass is 9.51. The molecule has 0 bridgehead atoms. The van der Waals surface area contributed by atoms with Gasteiger partial charge in [-0.25, -0.2) is 0 Å². The third-order valence-corrected chi connectivity index (χ3v) is 8.22. The van der Waals surface area contributed by atoms with Gasteiger partial charge < -0.3 is 4.74 Å². The average Bonchev–Trinajstić information content (AvgIpc) is 2.92. The molecule has 154 valence electrons. The minimum atomic E-state index is -0.555. The van der Waals surface area contributed by atoms with Crippen LogP contribution < -0.4 is 0 Å². The fourth-order valence-electron chi connectivity index (χ4n) is 6.83. The van der Waals surface area contributed by atoms with E-state index in [2.05, 4.69) is 6.92 Å². The summed E-state index contributed by atoms with van der Waals surface area (Å²) < 4.78 is 6.02. The van der Waals surface area contributed by atoms with Crippen LogP contribution in [0.5, 0.6) is 0 Å². The van der Waals surface area contributed by atoms with Crippen LogP contribution in [0.4, 0.5) is 0 Å². The Morgan fingerprint density at radius 3 is 2.57 bits per heavy atom. The minimum Gasteiger partial charge on any atom is -0.461 e. The molecule has 4 heteroatoms. The molecular weight excluding hydrogens is 352 g/mol. The molecule has 0 aliphatic heterocycles. The molecule has 28 heavy (non-hydrogen) atoms. The second kappa shape index (κ2) is 6.81. The van der Waals surface area contributed by atoms with Crippen molar-refractivity contribution < 1.29 is 19.1 Å². The predicted octanol–water partition coefficient (Wildman–Crippen LogP) is 4.66. The normalized spacial score (nSPS) is 40.3. The van der Waals surface area contributed by atoms with Crippen molar-refractivity contribution in [1.82, 2.24) is 0 Å². The molecule has 0 saturated heterocycles. The van der Waals surface area contributed by atoms with E-state index in [0.717, 1.165) is 38.5 Å². The fraction of sp³-hybridized carbons (Fsp3) is 0.792. The van der Waals surface area contributed by atoms with Crippen LogP contribution in [0.25, 0.3) is 0 Å². The Labute approximate surface area is 168 Å². The highest BCUT2D eigenvalue weighted by atomic mass is 16.5. The second-order valence-corrected chi connectivity index (χ2v) is 10.6. The molecule has 0 N–H and O–H groups in total. The van der Waals surface area contributed by atoms with E-state index >= 15 is 0 Å². The van der Waals surface area contributed by atoms with Gasteiger partial charge in [0.25, 0.3) is 0 Å². The molecule has 0 amide bonds. The Bertz CT molecular complexity index is 727. The number of hydrogen-bond acceptors (Lipinski definition) is 4. The van der Waals surface area contributed by atoms with Crippen LogP contribution in [-0.2, 0) is 19.1 Å². The molecule has 4 nitrogen and oxygen atoms in total. The minimum absolute atomic E-state index is 0.147. The van der Waals surface area contributed by atoms with Crippen LogP contribution in [0.2, 0.25) is 0 Å². The average molecular weight is 387 g/mol. The maximum atomic E-state index is 13.2. The number of allylic oxidation sites excluding steroid dienone is 1. The van der Waals surface area contributed by atoms with E-state index in [1.807, 2.05) is 26.8 Å². The summed E-state index contributed by atoms with van der Waals surface area (Å²) in [6.07, 6.45) is 8.42. The van der Waals surface area contributed by atoms with Gasteiger partial charge in [-0.2, -0.15) is 0 Å². The SMILES string of the molecule is CC[C@]12CC[C@H]3[C@@H](CCC4=CC(=O)CC[C@@H]43)[C@@H]1[C@@H](OC(=O)C(C)(C)C)CC2=O. The van der Waals surface area contributed by atoms with Crippen LogP contribution in [-0.4, -0.2) is 23.6 Å². The molecule has 0 radical (unpaired) electrons. The predicted molar refractivity (Wildman–Crippen MR) is 106 cm³/mol. The van der Waals surface area contributed by atoms with Crippen molar-refractivity contribution in [2.45, 2.75) is 85.2 Å². The second-order valence-electron chi connectivity index (χ2n) is 10.6. The van der Waals surface area contributed by atoms with Crippen molar-refractivity contribution in [2.75, 3.05) is 0 Å². The molecule has 4 aliphatic rings. The molecule has 3 fully saturated rings. The number of rotatable bonds is 2. The molecule has 3 saturated carbocycles. The summed E-state index contributed by atoms with van der Waals surface area (Å²) in [6.45, 7) is 7.76. The van der Waals surface area contributed by atoms with Crippen molar-refractivity contribution in [1.29, 1.82) is 0 Å². The van der Waals surface area contributed by atoms with Crippen molar-refractivity contribution in [2.24, 2.45) is 34.5 Å². The molecule has 4 rings (SSSR count). The van der Waals surface area contributed by atoms with E-state index in [1.165, 1.54) is 5.57 Å². The first-order chi connectivity index (χ1) is 13.2. The van der Waals surface area contributed by atoms with E-state index in [4.69, 9.17) is 4.74 Å². The zero-order valence-corrected chi connectivity index (χ0v) is 17.8. The Morgan fingerprint density at radius 1 is 1.14 bits per heavy atom. The molecule has 0 unspecified atom stereocenters. The molecule has 6 atom stereocenters. The van der Waals surface area contributed by atoms with E-state index in [0.29, 0.717) is 36.4 Å². The molecule has 0 aromatic rings. The lowest BCUT2D eigenvalue weighted by molar-refractivity contribution is -0.166. The Hall–Kier alpha value is -1.45. The number of fused-ring (bicyclic) bond motifs is 5. The molecule has 0 aromatic heterocycles. The van der Waals surface area contributed by atoms with Crippen molar-refractivity contribution >= 4 is 17.5 Å². The summed E-state index contributed by atoms with van der Waals surface area (Å²) in [5.41, 5.74) is 0.477. The van der Waals surface area contributed by atoms with E-state index < -0.39 is 5.41 Å². The first-order valence-electron chi connectivity index (χ1n) is 11.1. The lowest BCUT2D eigenvalue weighted by Gasteiger charge is -2.53. The van der Waals surface area contributed by atoms with Gasteiger partial charge in [0.2, 0.25) is 0 Å². The number of carbonyl (C=O) groups is 3. The van der Waals surface area contributed by atoms with Crippen LogP contribution in [0, 0.1) is 34.5 Å². The fourth-order valence-corrected chi connectivity index (χ4v) is 6.83. The third kappa shape index (κ3) is 2.98. The summed E-state index contributed by atoms with van der Waals surface area (Å²) in [6, 6.07) is 0. The number of Topliss-reactive ketones (excluding diaryl/α,β-unsaturated/α-hetero) is 1. The van der Waals surface area contributed by atoms with Crippen molar-refractivity contribution in [3.05, 3.63) is 11.6 Å². The maximum Gasteiger partial charge on any atom is 0.311 e. The number of carbonyl (C=O) groups excluding carboxylic acids is 3. The zero-order chi connectivity index (χ0) is 20.3. The summed E-state index contributed by atoms with van der Waals surface area (Å²) in [5.74, 6) is 1.98. The van der Waals surface area contributed by atoms with Crippen molar-refractivity contribution in [3.8, 4) is 0 Å². The summed E-state index contributed by atoms with van der Waals surface area (Å²) in [4.78, 5) is 37.7. The number of esters is 1. The molecule has 4 aliphatic carbocycles. The third-order valence-electron chi connectivity index (χ3n) is 8.22. The van der Waals surface area contributed by atoms with Crippen LogP contribution >= 0.6 is 0 Å². The van der Waals surface area contributed by atoms with Gasteiger partial charge in [-0.05, 0) is 83.1 Å². The molecule has 0 spiro atoms. The number of hydrogen-bond donors (Lipinski definition) is 0. The van der Waals surface area contributed by atoms with Crippen LogP contribution in [0.1, 0.15) is 79.1 Å². The lowest BCUT2D eigenvalue weighted by Crippen LogP contribution is -2.50. The van der Waals surface area contributed by atoms with Crippen molar-refractivity contribution in [3.63, 3.8) is 0 Å². The van der Waals surface area contributed by atoms with Gasteiger partial charge in [-0.3, -0.25) is 14.4 Å². The van der Waals surface area contributed by atoms with Gasteiger partial charge in [-0.15, -0.1) is 0 Å². The van der Waals surface area contributed by atoms with E-state index in [-0.39, 0.29) is 29.2 Å². The first kappa shape index (κ1) is 19.8. The van der Waals surface area contributed by atoms with Gasteiger partial charge >= 0.3 is 5.97 Å². The summed E-state index contributed by atoms with van der Waals surface area (Å²) >= 11 is 0. The standard InChI is InChI=1S/C24H34O4/c1-5-24-11-10-17-16-9-7-15(25)12-14(16)6-8-18(17)21(24)19(13-20(24)26)28-22(27)23(2,3)4/h12,16-19,21H,5-11,13H2,1-4H3/t16-,17+,18+,19-,21+,24+/m0/s1. The molecular formula is C24H34O4. The molecule has 0 aromatic carbocycles. The Morgan fingerprint density at radius 2 is 1.89 bits per heavy atom. The van der Waals surface area contributed by atoms with Gasteiger partial charge in [0.05, 0.1) is 5.41 Å². The highest BCUT2D eigenvalue weighted by molar-refractivity contribution is 5.91. The largest absolute Gasteiger partial charge is 0.461 e. The van der Waals surface area contributed by atoms with Crippen LogP contribution in [0.3, 0.4) is 0 Å². The topological polar surface area (TPSA) is 60.4 Å². The Balaban J connectivity index is 1.65. The Kier molecular flexibility index (Phi) is 4.83. The summed E-state index contributed by atoms with van der Waals surface area (Å²) in [7, 11) is 0. The monoisotopic (exact) mass is 386 g/mol. The smallest absolute Gasteiger partial charge is 0.311 e. The van der Waals surface area contributed by atoms with Gasteiger partial charge in [0.1, 0.15) is 11.9 Å². The highest BCUT2D eigenvalue weighted by Crippen LogP contribution is 2.62. The van der Waals surface area contributed by atoms with Gasteiger partial charge in [0.15, 0.2) is 5.78 Å². The van der Waals surface area contributed by atoms with E-state index in [1.54, 1.807) is 0 Å². The quantitative estimate of drug-likeness (QED) is 0.648. The number of ether oxygens (including phenoxy) is 1. The maximum absolute atomic E-state index is 13.2. The zero-order valence-electron chi connectivity index (χ0n) is 17.8. The van der Waals surface area contributed by atoms with E-state index in [9.17, 15) is 14.4 Å². The van der Waals surface area contributed by atoms with Gasteiger partial charge in [-0.1, -0.05) is 12.5 Å². The van der Waals surface area contributed by atoms with Crippen LogP contribution in [0.15, 0.2) is 11.6 Å². The molecule has 0 heterocycles. The number of ketones is 2. The first-order valence-corrected chi connectivity index (χ1v) is 11.1. The summed E-state index contributed by atoms with van der Waals surface area (Å²) in [5, 5.41) is 0. The highest BCUT2D eigenvalue weighted by Gasteiger charge is 2.62.